The molecular weight excluding hydrogens is 468 g/mol. The topological polar surface area (TPSA) is 60.7 Å². The standard InChI is InChI=1S/C35H62O3/c1-22(10-11-26(37)30(38)23(2)36)24-14-19-32(5)25(24)15-20-34(7)28(32)12-13-29-33(6)18-9-17-31(3,4)27(33)16-21-35(29,34)8/h22-30,36-38H,9-21H2,1-8H3/t22?,23-,24+,25-,26+,27-,28+,29+,30-,32-,33-,34+,35+/m0/s1. The maximum atomic E-state index is 10.4. The molecule has 0 aromatic carbocycles. The lowest BCUT2D eigenvalue weighted by Gasteiger charge is -2.73. The van der Waals surface area contributed by atoms with E-state index >= 15 is 0 Å². The molecule has 1 unspecified atom stereocenters. The number of hydrogen-bond donors (Lipinski definition) is 3. The van der Waals surface area contributed by atoms with Crippen LogP contribution in [-0.4, -0.2) is 33.6 Å². The second kappa shape index (κ2) is 9.72. The van der Waals surface area contributed by atoms with Gasteiger partial charge in [0.2, 0.25) is 0 Å². The van der Waals surface area contributed by atoms with Crippen molar-refractivity contribution >= 4 is 0 Å². The van der Waals surface area contributed by atoms with Crippen LogP contribution in [0.25, 0.3) is 0 Å². The van der Waals surface area contributed by atoms with Crippen molar-refractivity contribution in [1.82, 2.24) is 0 Å². The maximum absolute atomic E-state index is 10.4. The Morgan fingerprint density at radius 1 is 0.632 bits per heavy atom. The molecule has 13 atom stereocenters. The van der Waals surface area contributed by atoms with E-state index in [-0.39, 0.29) is 0 Å². The van der Waals surface area contributed by atoms with Gasteiger partial charge in [-0.1, -0.05) is 54.9 Å². The van der Waals surface area contributed by atoms with E-state index in [0.29, 0.717) is 39.4 Å². The van der Waals surface area contributed by atoms with Gasteiger partial charge in [0.25, 0.3) is 0 Å². The summed E-state index contributed by atoms with van der Waals surface area (Å²) in [5.41, 5.74) is 2.38. The molecule has 38 heavy (non-hydrogen) atoms. The Hall–Kier alpha value is -0.120. The predicted octanol–water partition coefficient (Wildman–Crippen LogP) is 8.00. The summed E-state index contributed by atoms with van der Waals surface area (Å²) in [7, 11) is 0. The summed E-state index contributed by atoms with van der Waals surface area (Å²) in [6.45, 7) is 20.1. The van der Waals surface area contributed by atoms with Crippen molar-refractivity contribution in [2.45, 2.75) is 157 Å². The lowest BCUT2D eigenvalue weighted by Crippen LogP contribution is -2.65. The van der Waals surface area contributed by atoms with Gasteiger partial charge in [0.15, 0.2) is 0 Å². The Labute approximate surface area is 235 Å². The third-order valence-electron chi connectivity index (χ3n) is 15.3. The first-order valence-corrected chi connectivity index (χ1v) is 16.7. The number of fused-ring (bicyclic) bond motifs is 7. The molecule has 0 aromatic heterocycles. The lowest BCUT2D eigenvalue weighted by atomic mass is 9.32. The summed E-state index contributed by atoms with van der Waals surface area (Å²) in [6, 6.07) is 0. The van der Waals surface area contributed by atoms with E-state index in [1.807, 2.05) is 0 Å². The van der Waals surface area contributed by atoms with Crippen LogP contribution in [0.2, 0.25) is 0 Å². The highest BCUT2D eigenvalue weighted by atomic mass is 16.4. The summed E-state index contributed by atoms with van der Waals surface area (Å²) in [5, 5.41) is 30.2. The van der Waals surface area contributed by atoms with Gasteiger partial charge >= 0.3 is 0 Å². The zero-order valence-electron chi connectivity index (χ0n) is 26.2. The average molecular weight is 531 g/mol. The molecule has 0 aromatic rings. The van der Waals surface area contributed by atoms with Crippen LogP contribution in [0.1, 0.15) is 139 Å². The van der Waals surface area contributed by atoms with Gasteiger partial charge in [0.1, 0.15) is 6.10 Å². The molecule has 0 bridgehead atoms. The third-order valence-corrected chi connectivity index (χ3v) is 15.3. The van der Waals surface area contributed by atoms with E-state index in [1.165, 1.54) is 70.6 Å². The van der Waals surface area contributed by atoms with Gasteiger partial charge in [-0.2, -0.15) is 0 Å². The first-order chi connectivity index (χ1) is 17.6. The second-order valence-corrected chi connectivity index (χ2v) is 17.2. The first kappa shape index (κ1) is 29.4. The summed E-state index contributed by atoms with van der Waals surface area (Å²) in [5.74, 6) is 4.72. The fourth-order valence-corrected chi connectivity index (χ4v) is 13.2. The van der Waals surface area contributed by atoms with Gasteiger partial charge < -0.3 is 15.3 Å². The molecule has 3 heteroatoms. The number of rotatable bonds is 6. The molecule has 5 rings (SSSR count). The summed E-state index contributed by atoms with van der Waals surface area (Å²) >= 11 is 0. The van der Waals surface area contributed by atoms with Crippen LogP contribution in [0, 0.1) is 62.6 Å². The zero-order valence-corrected chi connectivity index (χ0v) is 26.2. The van der Waals surface area contributed by atoms with Gasteiger partial charge in [-0.15, -0.1) is 0 Å². The van der Waals surface area contributed by atoms with E-state index in [9.17, 15) is 15.3 Å². The van der Waals surface area contributed by atoms with E-state index < -0.39 is 18.3 Å². The van der Waals surface area contributed by atoms with Gasteiger partial charge in [-0.05, 0) is 147 Å². The quantitative estimate of drug-likeness (QED) is 0.326. The molecule has 0 amide bonds. The zero-order chi connectivity index (χ0) is 27.9. The minimum Gasteiger partial charge on any atom is -0.391 e. The highest BCUT2D eigenvalue weighted by molar-refractivity contribution is 5.19. The molecule has 0 aliphatic heterocycles. The van der Waals surface area contributed by atoms with Gasteiger partial charge in [0.05, 0.1) is 12.2 Å². The van der Waals surface area contributed by atoms with Crippen LogP contribution in [0.4, 0.5) is 0 Å². The first-order valence-electron chi connectivity index (χ1n) is 16.7. The fourth-order valence-electron chi connectivity index (χ4n) is 13.2. The fraction of sp³-hybridized carbons (Fsp3) is 1.00. The van der Waals surface area contributed by atoms with Crippen LogP contribution in [0.15, 0.2) is 0 Å². The smallest absolute Gasteiger partial charge is 0.105 e. The van der Waals surface area contributed by atoms with Crippen molar-refractivity contribution in [1.29, 1.82) is 0 Å². The molecule has 0 radical (unpaired) electrons. The van der Waals surface area contributed by atoms with Crippen molar-refractivity contribution in [3.63, 3.8) is 0 Å². The van der Waals surface area contributed by atoms with Crippen molar-refractivity contribution < 1.29 is 15.3 Å². The van der Waals surface area contributed by atoms with E-state index in [1.54, 1.807) is 6.92 Å². The Morgan fingerprint density at radius 2 is 1.24 bits per heavy atom. The monoisotopic (exact) mass is 530 g/mol. The number of aliphatic hydroxyl groups is 3. The summed E-state index contributed by atoms with van der Waals surface area (Å²) in [4.78, 5) is 0. The highest BCUT2D eigenvalue weighted by Gasteiger charge is 2.70. The van der Waals surface area contributed by atoms with E-state index in [2.05, 4.69) is 48.5 Å². The Balaban J connectivity index is 1.34. The van der Waals surface area contributed by atoms with Crippen LogP contribution in [0.5, 0.6) is 0 Å². The normalized spacial score (nSPS) is 51.1. The lowest BCUT2D eigenvalue weighted by molar-refractivity contribution is -0.241. The molecule has 5 fully saturated rings. The number of aliphatic hydroxyl groups excluding tert-OH is 3. The van der Waals surface area contributed by atoms with Crippen LogP contribution >= 0.6 is 0 Å². The Morgan fingerprint density at radius 3 is 1.87 bits per heavy atom. The molecule has 3 N–H and O–H groups in total. The Kier molecular flexibility index (Phi) is 7.52. The van der Waals surface area contributed by atoms with Crippen molar-refractivity contribution in [2.75, 3.05) is 0 Å². The molecule has 5 aliphatic carbocycles. The summed E-state index contributed by atoms with van der Waals surface area (Å²) in [6.07, 6.45) is 14.4. The highest BCUT2D eigenvalue weighted by Crippen LogP contribution is 2.78. The largest absolute Gasteiger partial charge is 0.391 e. The maximum Gasteiger partial charge on any atom is 0.105 e. The second-order valence-electron chi connectivity index (χ2n) is 17.2. The molecule has 0 heterocycles. The molecule has 5 saturated carbocycles. The minimum absolute atomic E-state index is 0.446. The van der Waals surface area contributed by atoms with Crippen molar-refractivity contribution in [3.05, 3.63) is 0 Å². The van der Waals surface area contributed by atoms with Crippen molar-refractivity contribution in [3.8, 4) is 0 Å². The summed E-state index contributed by atoms with van der Waals surface area (Å²) < 4.78 is 0. The van der Waals surface area contributed by atoms with Crippen LogP contribution in [0.3, 0.4) is 0 Å². The minimum atomic E-state index is -1.03. The van der Waals surface area contributed by atoms with Crippen LogP contribution < -0.4 is 0 Å². The predicted molar refractivity (Wildman–Crippen MR) is 157 cm³/mol. The molecule has 3 nitrogen and oxygen atoms in total. The van der Waals surface area contributed by atoms with Gasteiger partial charge in [-0.3, -0.25) is 0 Å². The Bertz CT molecular complexity index is 867. The van der Waals surface area contributed by atoms with Gasteiger partial charge in [-0.25, -0.2) is 0 Å². The molecule has 5 aliphatic rings. The molecule has 220 valence electrons. The SMILES string of the molecule is CC(CC[C@@H](O)[C@@H](O)[C@H](C)O)[C@H]1CC[C@]2(C)[C@H]3CC[C@@H]4[C@@]5(C)CCCC(C)(C)[C@@H]5CC[C@@]4(C)[C@]3(C)CC[C@@H]12. The van der Waals surface area contributed by atoms with Crippen LogP contribution in [-0.2, 0) is 0 Å². The van der Waals surface area contributed by atoms with Gasteiger partial charge in [0, 0.05) is 0 Å². The van der Waals surface area contributed by atoms with E-state index in [0.717, 1.165) is 36.0 Å². The molecular formula is C35H62O3. The number of hydrogen-bond acceptors (Lipinski definition) is 3. The molecule has 0 saturated heterocycles. The van der Waals surface area contributed by atoms with E-state index in [4.69, 9.17) is 0 Å². The average Bonchev–Trinajstić information content (AvgIpc) is 3.18. The molecule has 0 spiro atoms. The van der Waals surface area contributed by atoms with Crippen molar-refractivity contribution in [2.24, 2.45) is 62.6 Å². The third kappa shape index (κ3) is 4.12.